The zero-order valence-electron chi connectivity index (χ0n) is 12.5. The van der Waals surface area contributed by atoms with Gasteiger partial charge >= 0.3 is 0 Å². The van der Waals surface area contributed by atoms with Crippen LogP contribution in [-0.2, 0) is 11.3 Å². The van der Waals surface area contributed by atoms with Crippen LogP contribution < -0.4 is 5.32 Å². The van der Waals surface area contributed by atoms with Crippen LogP contribution in [0.3, 0.4) is 0 Å². The fourth-order valence-corrected chi connectivity index (χ4v) is 2.48. The van der Waals surface area contributed by atoms with Gasteiger partial charge in [0, 0.05) is 18.8 Å². The summed E-state index contributed by atoms with van der Waals surface area (Å²) in [7, 11) is 0. The van der Waals surface area contributed by atoms with Crippen molar-refractivity contribution in [3.05, 3.63) is 53.7 Å². The Morgan fingerprint density at radius 2 is 2.05 bits per heavy atom. The van der Waals surface area contributed by atoms with Gasteiger partial charge in [0.25, 0.3) is 0 Å². The van der Waals surface area contributed by atoms with Crippen LogP contribution in [0.4, 0.5) is 5.82 Å². The molecule has 110 valence electrons. The van der Waals surface area contributed by atoms with Gasteiger partial charge in [-0.05, 0) is 25.7 Å². The maximum absolute atomic E-state index is 11.7. The Labute approximate surface area is 129 Å². The number of hydrogen-bond acceptors (Lipinski definition) is 3. The minimum Gasteiger partial charge on any atom is -0.319 e. The number of nitrogens with one attached hydrogen (secondary N) is 1. The van der Waals surface area contributed by atoms with E-state index >= 15 is 0 Å². The number of hydrogen-bond donors (Lipinski definition) is 1. The smallest absolute Gasteiger partial charge is 0.249 e. The Bertz CT molecular complexity index is 643. The fourth-order valence-electron chi connectivity index (χ4n) is 1.94. The molecule has 0 fully saturated rings. The minimum atomic E-state index is -0.146. The second kappa shape index (κ2) is 7.13. The van der Waals surface area contributed by atoms with Crippen molar-refractivity contribution in [2.24, 2.45) is 0 Å². The summed E-state index contributed by atoms with van der Waals surface area (Å²) >= 11 is 1.56. The first-order chi connectivity index (χ1) is 10.1. The summed E-state index contributed by atoms with van der Waals surface area (Å²) in [6, 6.07) is 10.2. The lowest BCUT2D eigenvalue weighted by Crippen LogP contribution is -2.08. The molecule has 0 spiro atoms. The standard InChI is InChI=1S/C16H19N3OS/c1-12(2)9-15(20)17-14-11-19(16(18-14)21-3)10-13-7-5-4-6-8-13/h4-9,11H,10H2,1-3H3,(H,17,20). The molecule has 0 aliphatic carbocycles. The molecule has 0 aliphatic heterocycles. The molecule has 21 heavy (non-hydrogen) atoms. The topological polar surface area (TPSA) is 46.9 Å². The van der Waals surface area contributed by atoms with Crippen molar-refractivity contribution in [2.75, 3.05) is 11.6 Å². The number of allylic oxidation sites excluding steroid dienone is 1. The number of amides is 1. The number of rotatable bonds is 5. The van der Waals surface area contributed by atoms with Crippen molar-refractivity contribution in [2.45, 2.75) is 25.5 Å². The van der Waals surface area contributed by atoms with Gasteiger partial charge in [-0.3, -0.25) is 4.79 Å². The Kier molecular flexibility index (Phi) is 5.22. The highest BCUT2D eigenvalue weighted by Gasteiger charge is 2.09. The van der Waals surface area contributed by atoms with Crippen LogP contribution in [0.15, 0.2) is 53.3 Å². The number of benzene rings is 1. The van der Waals surface area contributed by atoms with Crippen LogP contribution in [0, 0.1) is 0 Å². The van der Waals surface area contributed by atoms with Gasteiger partial charge < -0.3 is 9.88 Å². The second-order valence-corrected chi connectivity index (χ2v) is 5.71. The van der Waals surface area contributed by atoms with Crippen molar-refractivity contribution < 1.29 is 4.79 Å². The number of carbonyl (C=O) groups excluding carboxylic acids is 1. The molecule has 5 heteroatoms. The molecule has 1 heterocycles. The summed E-state index contributed by atoms with van der Waals surface area (Å²) < 4.78 is 2.04. The quantitative estimate of drug-likeness (QED) is 0.678. The van der Waals surface area contributed by atoms with E-state index in [1.807, 2.05) is 49.1 Å². The molecule has 0 saturated heterocycles. The molecular formula is C16H19N3OS. The third kappa shape index (κ3) is 4.49. The molecule has 1 N–H and O–H groups in total. The number of aromatic nitrogens is 2. The van der Waals surface area contributed by atoms with Crippen LogP contribution in [-0.4, -0.2) is 21.7 Å². The summed E-state index contributed by atoms with van der Waals surface area (Å²) in [5, 5.41) is 3.67. The highest BCUT2D eigenvalue weighted by Crippen LogP contribution is 2.19. The van der Waals surface area contributed by atoms with Crippen LogP contribution >= 0.6 is 11.8 Å². The molecule has 0 bridgehead atoms. The van der Waals surface area contributed by atoms with Crippen LogP contribution in [0.5, 0.6) is 0 Å². The average Bonchev–Trinajstić information content (AvgIpc) is 2.80. The van der Waals surface area contributed by atoms with Crippen molar-refractivity contribution in [3.63, 3.8) is 0 Å². The average molecular weight is 301 g/mol. The highest BCUT2D eigenvalue weighted by atomic mass is 32.2. The van der Waals surface area contributed by atoms with E-state index in [9.17, 15) is 4.79 Å². The van der Waals surface area contributed by atoms with Crippen LogP contribution in [0.25, 0.3) is 0 Å². The Morgan fingerprint density at radius 1 is 1.33 bits per heavy atom. The predicted molar refractivity (Wildman–Crippen MR) is 87.6 cm³/mol. The van der Waals surface area contributed by atoms with Gasteiger partial charge in [-0.1, -0.05) is 47.7 Å². The molecule has 1 amide bonds. The molecular weight excluding hydrogens is 282 g/mol. The lowest BCUT2D eigenvalue weighted by atomic mass is 10.2. The van der Waals surface area contributed by atoms with Crippen molar-refractivity contribution in [3.8, 4) is 0 Å². The summed E-state index contributed by atoms with van der Waals surface area (Å²) in [4.78, 5) is 16.2. The number of anilines is 1. The number of imidazole rings is 1. The number of carbonyl (C=O) groups is 1. The summed E-state index contributed by atoms with van der Waals surface area (Å²) in [6.45, 7) is 4.52. The van der Waals surface area contributed by atoms with Gasteiger partial charge in [0.15, 0.2) is 11.0 Å². The molecule has 2 aromatic rings. The molecule has 1 aromatic carbocycles. The van der Waals surface area contributed by atoms with E-state index in [1.165, 1.54) is 5.56 Å². The van der Waals surface area contributed by atoms with Crippen molar-refractivity contribution >= 4 is 23.5 Å². The molecule has 4 nitrogen and oxygen atoms in total. The van der Waals surface area contributed by atoms with Gasteiger partial charge in [0.2, 0.25) is 5.91 Å². The van der Waals surface area contributed by atoms with E-state index in [2.05, 4.69) is 22.4 Å². The maximum atomic E-state index is 11.7. The first-order valence-corrected chi connectivity index (χ1v) is 7.92. The summed E-state index contributed by atoms with van der Waals surface area (Å²) in [6.07, 6.45) is 5.41. The van der Waals surface area contributed by atoms with Crippen LogP contribution in [0.2, 0.25) is 0 Å². The van der Waals surface area contributed by atoms with Crippen LogP contribution in [0.1, 0.15) is 19.4 Å². The number of thioether (sulfide) groups is 1. The SMILES string of the molecule is CSc1nc(NC(=O)C=C(C)C)cn1Cc1ccccc1. The summed E-state index contributed by atoms with van der Waals surface area (Å²) in [5.74, 6) is 0.435. The van der Waals surface area contributed by atoms with Gasteiger partial charge in [-0.2, -0.15) is 0 Å². The fraction of sp³-hybridized carbons (Fsp3) is 0.250. The Hall–Kier alpha value is -2.01. The van der Waals surface area contributed by atoms with E-state index in [4.69, 9.17) is 0 Å². The third-order valence-electron chi connectivity index (χ3n) is 2.79. The second-order valence-electron chi connectivity index (χ2n) is 4.94. The molecule has 0 saturated carbocycles. The van der Waals surface area contributed by atoms with E-state index in [0.29, 0.717) is 5.82 Å². The normalized spacial score (nSPS) is 10.2. The summed E-state index contributed by atoms with van der Waals surface area (Å²) in [5.41, 5.74) is 2.16. The monoisotopic (exact) mass is 301 g/mol. The minimum absolute atomic E-state index is 0.146. The van der Waals surface area contributed by atoms with Gasteiger partial charge in [0.1, 0.15) is 0 Å². The Morgan fingerprint density at radius 3 is 2.67 bits per heavy atom. The van der Waals surface area contributed by atoms with Crippen molar-refractivity contribution in [1.82, 2.24) is 9.55 Å². The maximum Gasteiger partial charge on any atom is 0.249 e. The predicted octanol–water partition coefficient (Wildman–Crippen LogP) is 3.56. The lowest BCUT2D eigenvalue weighted by molar-refractivity contribution is -0.112. The van der Waals surface area contributed by atoms with E-state index in [-0.39, 0.29) is 5.91 Å². The zero-order valence-corrected chi connectivity index (χ0v) is 13.3. The van der Waals surface area contributed by atoms with Gasteiger partial charge in [-0.15, -0.1) is 0 Å². The first kappa shape index (κ1) is 15.4. The molecule has 1 aromatic heterocycles. The number of nitrogens with zero attached hydrogens (tertiary/aromatic N) is 2. The molecule has 0 aliphatic rings. The molecule has 2 rings (SSSR count). The van der Waals surface area contributed by atoms with Gasteiger partial charge in [0.05, 0.1) is 0 Å². The first-order valence-electron chi connectivity index (χ1n) is 6.69. The highest BCUT2D eigenvalue weighted by molar-refractivity contribution is 7.98. The zero-order chi connectivity index (χ0) is 15.2. The Balaban J connectivity index is 2.16. The molecule has 0 atom stereocenters. The van der Waals surface area contributed by atoms with E-state index in [0.717, 1.165) is 17.3 Å². The molecule has 0 unspecified atom stereocenters. The van der Waals surface area contributed by atoms with Gasteiger partial charge in [-0.25, -0.2) is 4.98 Å². The van der Waals surface area contributed by atoms with Crippen molar-refractivity contribution in [1.29, 1.82) is 0 Å². The third-order valence-corrected chi connectivity index (χ3v) is 3.48. The van der Waals surface area contributed by atoms with E-state index < -0.39 is 0 Å². The largest absolute Gasteiger partial charge is 0.319 e. The lowest BCUT2D eigenvalue weighted by Gasteiger charge is -2.05. The van der Waals surface area contributed by atoms with E-state index in [1.54, 1.807) is 17.8 Å². The molecule has 0 radical (unpaired) electrons.